The molecule has 3 aromatic carbocycles. The second-order valence-corrected chi connectivity index (χ2v) is 9.81. The molecule has 0 unspecified atom stereocenters. The van der Waals surface area contributed by atoms with Gasteiger partial charge in [-0.05, 0) is 62.7 Å². The number of benzene rings is 3. The molecule has 4 aromatic rings. The minimum absolute atomic E-state index is 0.196. The molecule has 0 saturated heterocycles. The van der Waals surface area contributed by atoms with Gasteiger partial charge in [-0.3, -0.25) is 19.9 Å². The smallest absolute Gasteiger partial charge is 0.412 e. The summed E-state index contributed by atoms with van der Waals surface area (Å²) >= 11 is 0. The lowest BCUT2D eigenvalue weighted by atomic mass is 10.0. The number of Topliss-reactive ketones (excluding diaryl/α,β-unsaturated/α-hetero) is 1. The molecule has 0 aliphatic rings. The van der Waals surface area contributed by atoms with E-state index >= 15 is 0 Å². The molecule has 0 bridgehead atoms. The van der Waals surface area contributed by atoms with Gasteiger partial charge in [0, 0.05) is 22.9 Å². The Bertz CT molecular complexity index is 1510. The maximum atomic E-state index is 14.5. The fraction of sp³-hybridized carbons (Fsp3) is 0.161. The Balaban J connectivity index is 1.56. The lowest BCUT2D eigenvalue weighted by Crippen LogP contribution is -2.27. The number of amides is 2. The summed E-state index contributed by atoms with van der Waals surface area (Å²) in [5, 5.41) is 5.31. The second kappa shape index (κ2) is 11.7. The molecule has 8 heteroatoms. The van der Waals surface area contributed by atoms with Crippen LogP contribution in [0.5, 0.6) is 0 Å². The fourth-order valence-electron chi connectivity index (χ4n) is 3.86. The molecular weight excluding hydrogens is 497 g/mol. The van der Waals surface area contributed by atoms with Crippen molar-refractivity contribution in [2.75, 3.05) is 10.6 Å². The minimum atomic E-state index is -0.739. The van der Waals surface area contributed by atoms with Crippen LogP contribution in [0.4, 0.5) is 20.6 Å². The lowest BCUT2D eigenvalue weighted by molar-refractivity contribution is -0.115. The first-order chi connectivity index (χ1) is 18.6. The number of carbonyl (C=O) groups is 3. The molecule has 0 fully saturated rings. The third-order valence-electron chi connectivity index (χ3n) is 5.58. The van der Waals surface area contributed by atoms with E-state index in [4.69, 9.17) is 4.74 Å². The quantitative estimate of drug-likeness (QED) is 0.198. The van der Waals surface area contributed by atoms with Crippen molar-refractivity contribution in [3.05, 3.63) is 103 Å². The Morgan fingerprint density at radius 3 is 2.31 bits per heavy atom. The molecule has 0 aliphatic heterocycles. The summed E-state index contributed by atoms with van der Waals surface area (Å²) in [6, 6.07) is 23.3. The van der Waals surface area contributed by atoms with Crippen molar-refractivity contribution in [1.29, 1.82) is 0 Å². The molecule has 0 atom stereocenters. The number of rotatable bonds is 7. The van der Waals surface area contributed by atoms with Gasteiger partial charge in [-0.25, -0.2) is 9.18 Å². The Labute approximate surface area is 226 Å². The maximum Gasteiger partial charge on any atom is 0.412 e. The van der Waals surface area contributed by atoms with Gasteiger partial charge in [-0.15, -0.1) is 0 Å². The minimum Gasteiger partial charge on any atom is -0.444 e. The van der Waals surface area contributed by atoms with E-state index in [1.54, 1.807) is 81.6 Å². The Hall–Kier alpha value is -4.85. The molecule has 0 radical (unpaired) electrons. The van der Waals surface area contributed by atoms with Crippen LogP contribution >= 0.6 is 0 Å². The summed E-state index contributed by atoms with van der Waals surface area (Å²) in [6.07, 6.45) is 0.496. The number of hydrogen-bond acceptors (Lipinski definition) is 5. The van der Waals surface area contributed by atoms with Crippen molar-refractivity contribution in [2.45, 2.75) is 32.8 Å². The highest BCUT2D eigenvalue weighted by Gasteiger charge is 2.20. The standard InChI is InChI=1S/C31H28FN3O4/c1-31(2,3)39-30(38)35-26-15-14-20(23-11-4-5-12-24(23)32)18-27(26)34-29(37)19-28(36)22-10-8-9-21(17-22)25-13-6-7-16-33-25/h4-18H,19H2,1-3H3,(H,34,37)(H,35,38). The number of carbonyl (C=O) groups excluding carboxylic acids is 3. The van der Waals surface area contributed by atoms with Crippen molar-refractivity contribution in [2.24, 2.45) is 0 Å². The zero-order valence-corrected chi connectivity index (χ0v) is 21.8. The first-order valence-electron chi connectivity index (χ1n) is 12.3. The molecule has 198 valence electrons. The zero-order chi connectivity index (χ0) is 28.0. The molecule has 2 N–H and O–H groups in total. The topological polar surface area (TPSA) is 97.4 Å². The van der Waals surface area contributed by atoms with Crippen molar-refractivity contribution in [1.82, 2.24) is 4.98 Å². The molecule has 0 saturated carbocycles. The molecule has 0 aliphatic carbocycles. The van der Waals surface area contributed by atoms with E-state index in [9.17, 15) is 18.8 Å². The van der Waals surface area contributed by atoms with E-state index in [0.717, 1.165) is 5.56 Å². The van der Waals surface area contributed by atoms with Crippen molar-refractivity contribution in [3.63, 3.8) is 0 Å². The second-order valence-electron chi connectivity index (χ2n) is 9.81. The van der Waals surface area contributed by atoms with E-state index in [1.807, 2.05) is 18.2 Å². The number of nitrogens with zero attached hydrogens (tertiary/aromatic N) is 1. The summed E-state index contributed by atoms with van der Waals surface area (Å²) in [5.41, 5.74) is 2.32. The van der Waals surface area contributed by atoms with Gasteiger partial charge in [0.2, 0.25) is 5.91 Å². The number of ketones is 1. The van der Waals surface area contributed by atoms with Crippen molar-refractivity contribution >= 4 is 29.2 Å². The molecule has 2 amide bonds. The summed E-state index contributed by atoms with van der Waals surface area (Å²) in [4.78, 5) is 42.7. The summed E-state index contributed by atoms with van der Waals surface area (Å²) in [6.45, 7) is 5.18. The molecule has 1 aromatic heterocycles. The van der Waals surface area contributed by atoms with Crippen LogP contribution < -0.4 is 10.6 Å². The molecular formula is C31H28FN3O4. The van der Waals surface area contributed by atoms with Crippen LogP contribution in [0.25, 0.3) is 22.4 Å². The molecule has 39 heavy (non-hydrogen) atoms. The van der Waals surface area contributed by atoms with E-state index in [2.05, 4.69) is 15.6 Å². The largest absolute Gasteiger partial charge is 0.444 e. The monoisotopic (exact) mass is 525 g/mol. The van der Waals surface area contributed by atoms with E-state index < -0.39 is 35.6 Å². The van der Waals surface area contributed by atoms with Crippen LogP contribution in [0.3, 0.4) is 0 Å². The Morgan fingerprint density at radius 2 is 1.59 bits per heavy atom. The number of anilines is 2. The average molecular weight is 526 g/mol. The van der Waals surface area contributed by atoms with Crippen LogP contribution in [0.15, 0.2) is 91.1 Å². The third kappa shape index (κ3) is 7.35. The van der Waals surface area contributed by atoms with Gasteiger partial charge < -0.3 is 10.1 Å². The van der Waals surface area contributed by atoms with Gasteiger partial charge in [0.05, 0.1) is 23.5 Å². The van der Waals surface area contributed by atoms with Gasteiger partial charge in [-0.1, -0.05) is 48.5 Å². The first-order valence-corrected chi connectivity index (χ1v) is 12.3. The van der Waals surface area contributed by atoms with Crippen LogP contribution in [-0.4, -0.2) is 28.4 Å². The third-order valence-corrected chi connectivity index (χ3v) is 5.58. The summed E-state index contributed by atoms with van der Waals surface area (Å²) in [7, 11) is 0. The molecule has 4 rings (SSSR count). The Morgan fingerprint density at radius 1 is 0.821 bits per heavy atom. The summed E-state index contributed by atoms with van der Waals surface area (Å²) in [5.74, 6) is -1.43. The molecule has 1 heterocycles. The number of ether oxygens (including phenoxy) is 1. The molecule has 7 nitrogen and oxygen atoms in total. The van der Waals surface area contributed by atoms with Gasteiger partial charge in [0.25, 0.3) is 0 Å². The Kier molecular flexibility index (Phi) is 8.15. The number of pyridine rings is 1. The van der Waals surface area contributed by atoms with E-state index in [1.165, 1.54) is 12.1 Å². The van der Waals surface area contributed by atoms with E-state index in [-0.39, 0.29) is 11.4 Å². The van der Waals surface area contributed by atoms with Gasteiger partial charge in [0.1, 0.15) is 11.4 Å². The van der Waals surface area contributed by atoms with Gasteiger partial charge >= 0.3 is 6.09 Å². The van der Waals surface area contributed by atoms with Gasteiger partial charge in [0.15, 0.2) is 5.78 Å². The van der Waals surface area contributed by atoms with Gasteiger partial charge in [-0.2, -0.15) is 0 Å². The highest BCUT2D eigenvalue weighted by molar-refractivity contribution is 6.12. The fourth-order valence-corrected chi connectivity index (χ4v) is 3.86. The number of halogens is 1. The normalized spacial score (nSPS) is 11.0. The zero-order valence-electron chi connectivity index (χ0n) is 21.8. The number of hydrogen-bond donors (Lipinski definition) is 2. The number of nitrogens with one attached hydrogen (secondary N) is 2. The number of aromatic nitrogens is 1. The van der Waals surface area contributed by atoms with Crippen LogP contribution in [-0.2, 0) is 9.53 Å². The lowest BCUT2D eigenvalue weighted by Gasteiger charge is -2.21. The SMILES string of the molecule is CC(C)(C)OC(=O)Nc1ccc(-c2ccccc2F)cc1NC(=O)CC(=O)c1cccc(-c2ccccn2)c1. The molecule has 0 spiro atoms. The van der Waals surface area contributed by atoms with Crippen LogP contribution in [0.2, 0.25) is 0 Å². The van der Waals surface area contributed by atoms with Crippen molar-refractivity contribution < 1.29 is 23.5 Å². The predicted molar refractivity (Wildman–Crippen MR) is 149 cm³/mol. The highest BCUT2D eigenvalue weighted by atomic mass is 19.1. The maximum absolute atomic E-state index is 14.5. The van der Waals surface area contributed by atoms with Crippen LogP contribution in [0, 0.1) is 5.82 Å². The predicted octanol–water partition coefficient (Wildman–Crippen LogP) is 7.11. The highest BCUT2D eigenvalue weighted by Crippen LogP contribution is 2.31. The summed E-state index contributed by atoms with van der Waals surface area (Å²) < 4.78 is 19.8. The average Bonchev–Trinajstić information content (AvgIpc) is 2.89. The van der Waals surface area contributed by atoms with Crippen molar-refractivity contribution in [3.8, 4) is 22.4 Å². The first kappa shape index (κ1) is 27.2. The van der Waals surface area contributed by atoms with E-state index in [0.29, 0.717) is 22.4 Å². The van der Waals surface area contributed by atoms with Crippen LogP contribution in [0.1, 0.15) is 37.6 Å².